The first-order valence-corrected chi connectivity index (χ1v) is 10.6. The second kappa shape index (κ2) is 7.94. The van der Waals surface area contributed by atoms with Gasteiger partial charge in [-0.1, -0.05) is 49.4 Å². The van der Waals surface area contributed by atoms with Gasteiger partial charge in [-0.15, -0.1) is 0 Å². The van der Waals surface area contributed by atoms with Crippen molar-refractivity contribution < 1.29 is 9.59 Å². The third-order valence-electron chi connectivity index (χ3n) is 6.55. The van der Waals surface area contributed by atoms with Crippen LogP contribution in [0.3, 0.4) is 0 Å². The van der Waals surface area contributed by atoms with Crippen molar-refractivity contribution in [2.45, 2.75) is 57.4 Å². The van der Waals surface area contributed by atoms with Gasteiger partial charge in [0.1, 0.15) is 0 Å². The number of hydrogen-bond donors (Lipinski definition) is 1. The SMILES string of the molecule is CC1CCN(C(=O)CCC2(Cc3ccc4ccccc4c3)CCC(=O)N2)CC1. The van der Waals surface area contributed by atoms with E-state index in [4.69, 9.17) is 0 Å². The molecule has 4 nitrogen and oxygen atoms in total. The molecular formula is C24H30N2O2. The predicted octanol–water partition coefficient (Wildman–Crippen LogP) is 4.07. The number of piperidine rings is 1. The Hall–Kier alpha value is -2.36. The topological polar surface area (TPSA) is 49.4 Å². The van der Waals surface area contributed by atoms with E-state index in [1.165, 1.54) is 16.3 Å². The van der Waals surface area contributed by atoms with Crippen LogP contribution in [0.4, 0.5) is 0 Å². The largest absolute Gasteiger partial charge is 0.350 e. The highest BCUT2D eigenvalue weighted by molar-refractivity contribution is 5.83. The summed E-state index contributed by atoms with van der Waals surface area (Å²) in [4.78, 5) is 26.8. The number of hydrogen-bond acceptors (Lipinski definition) is 2. The maximum atomic E-state index is 12.7. The Morgan fingerprint density at radius 2 is 1.89 bits per heavy atom. The number of likely N-dealkylation sites (tertiary alicyclic amines) is 1. The molecule has 2 saturated heterocycles. The van der Waals surface area contributed by atoms with Gasteiger partial charge in [0.15, 0.2) is 0 Å². The monoisotopic (exact) mass is 378 g/mol. The zero-order chi connectivity index (χ0) is 19.6. The maximum Gasteiger partial charge on any atom is 0.222 e. The molecule has 2 aromatic rings. The van der Waals surface area contributed by atoms with Crippen LogP contribution in [-0.4, -0.2) is 35.3 Å². The molecule has 0 spiro atoms. The molecule has 0 aromatic heterocycles. The zero-order valence-electron chi connectivity index (χ0n) is 16.7. The van der Waals surface area contributed by atoms with Gasteiger partial charge in [-0.3, -0.25) is 9.59 Å². The molecule has 2 aliphatic rings. The minimum absolute atomic E-state index is 0.111. The van der Waals surface area contributed by atoms with Crippen molar-refractivity contribution in [3.05, 3.63) is 48.0 Å². The summed E-state index contributed by atoms with van der Waals surface area (Å²) in [6, 6.07) is 14.9. The molecule has 2 fully saturated rings. The lowest BCUT2D eigenvalue weighted by Crippen LogP contribution is -2.45. The number of nitrogens with one attached hydrogen (secondary N) is 1. The van der Waals surface area contributed by atoms with Crippen LogP contribution >= 0.6 is 0 Å². The third-order valence-corrected chi connectivity index (χ3v) is 6.55. The fourth-order valence-electron chi connectivity index (χ4n) is 4.68. The molecule has 0 bridgehead atoms. The number of rotatable bonds is 5. The summed E-state index contributed by atoms with van der Waals surface area (Å²) in [5.74, 6) is 1.07. The smallest absolute Gasteiger partial charge is 0.222 e. The van der Waals surface area contributed by atoms with Crippen molar-refractivity contribution in [3.8, 4) is 0 Å². The Morgan fingerprint density at radius 1 is 1.14 bits per heavy atom. The van der Waals surface area contributed by atoms with Crippen molar-refractivity contribution in [1.29, 1.82) is 0 Å². The van der Waals surface area contributed by atoms with E-state index < -0.39 is 0 Å². The molecule has 0 saturated carbocycles. The van der Waals surface area contributed by atoms with Gasteiger partial charge < -0.3 is 10.2 Å². The molecule has 4 rings (SSSR count). The maximum absolute atomic E-state index is 12.7. The van der Waals surface area contributed by atoms with Gasteiger partial charge in [-0.25, -0.2) is 0 Å². The average molecular weight is 379 g/mol. The highest BCUT2D eigenvalue weighted by atomic mass is 16.2. The highest BCUT2D eigenvalue weighted by Gasteiger charge is 2.38. The van der Waals surface area contributed by atoms with Crippen LogP contribution in [0.25, 0.3) is 10.8 Å². The van der Waals surface area contributed by atoms with E-state index >= 15 is 0 Å². The first kappa shape index (κ1) is 19.0. The van der Waals surface area contributed by atoms with E-state index in [0.717, 1.165) is 51.1 Å². The molecular weight excluding hydrogens is 348 g/mol. The second-order valence-electron chi connectivity index (χ2n) is 8.75. The molecule has 2 amide bonds. The number of fused-ring (bicyclic) bond motifs is 1. The van der Waals surface area contributed by atoms with E-state index in [9.17, 15) is 9.59 Å². The number of amides is 2. The molecule has 4 heteroatoms. The van der Waals surface area contributed by atoms with Gasteiger partial charge in [0.25, 0.3) is 0 Å². The number of benzene rings is 2. The first-order chi connectivity index (χ1) is 13.5. The molecule has 1 atom stereocenters. The Bertz CT molecular complexity index is 870. The van der Waals surface area contributed by atoms with Gasteiger partial charge in [0.2, 0.25) is 11.8 Å². The molecule has 0 aliphatic carbocycles. The van der Waals surface area contributed by atoms with Crippen LogP contribution < -0.4 is 5.32 Å². The molecule has 2 aliphatic heterocycles. The lowest BCUT2D eigenvalue weighted by molar-refractivity contribution is -0.133. The standard InChI is InChI=1S/C24H30N2O2/c1-18-10-14-26(15-11-18)23(28)9-13-24(12-8-22(27)25-24)17-19-6-7-20-4-2-3-5-21(20)16-19/h2-7,16,18H,8-15,17H2,1H3,(H,25,27). The van der Waals surface area contributed by atoms with E-state index in [2.05, 4.69) is 48.6 Å². The van der Waals surface area contributed by atoms with Crippen LogP contribution in [0.15, 0.2) is 42.5 Å². The summed E-state index contributed by atoms with van der Waals surface area (Å²) < 4.78 is 0. The van der Waals surface area contributed by atoms with Crippen LogP contribution in [0.5, 0.6) is 0 Å². The Kier molecular flexibility index (Phi) is 5.38. The van der Waals surface area contributed by atoms with E-state index in [1.807, 2.05) is 11.0 Å². The molecule has 148 valence electrons. The van der Waals surface area contributed by atoms with Crippen molar-refractivity contribution >= 4 is 22.6 Å². The molecule has 0 radical (unpaired) electrons. The summed E-state index contributed by atoms with van der Waals surface area (Å²) in [7, 11) is 0. The average Bonchev–Trinajstić information content (AvgIpc) is 3.07. The van der Waals surface area contributed by atoms with E-state index in [-0.39, 0.29) is 17.4 Å². The van der Waals surface area contributed by atoms with Crippen molar-refractivity contribution in [2.75, 3.05) is 13.1 Å². The lowest BCUT2D eigenvalue weighted by Gasteiger charge is -2.33. The first-order valence-electron chi connectivity index (χ1n) is 10.6. The number of carbonyl (C=O) groups excluding carboxylic acids is 2. The summed E-state index contributed by atoms with van der Waals surface area (Å²) in [6.07, 6.45) is 5.59. The molecule has 2 aromatic carbocycles. The van der Waals surface area contributed by atoms with Crippen LogP contribution in [0, 0.1) is 5.92 Å². The van der Waals surface area contributed by atoms with Crippen LogP contribution in [0.2, 0.25) is 0 Å². The Labute approximate surface area is 167 Å². The molecule has 1 unspecified atom stereocenters. The molecule has 28 heavy (non-hydrogen) atoms. The fourth-order valence-corrected chi connectivity index (χ4v) is 4.68. The van der Waals surface area contributed by atoms with E-state index in [0.29, 0.717) is 12.8 Å². The number of carbonyl (C=O) groups is 2. The Morgan fingerprint density at radius 3 is 2.61 bits per heavy atom. The van der Waals surface area contributed by atoms with Gasteiger partial charge in [0.05, 0.1) is 0 Å². The van der Waals surface area contributed by atoms with Gasteiger partial charge in [0, 0.05) is 31.5 Å². The third kappa shape index (κ3) is 4.21. The summed E-state index contributed by atoms with van der Waals surface area (Å²) in [5.41, 5.74) is 0.929. The van der Waals surface area contributed by atoms with Crippen LogP contribution in [0.1, 0.15) is 51.0 Å². The van der Waals surface area contributed by atoms with Gasteiger partial charge in [-0.2, -0.15) is 0 Å². The minimum atomic E-state index is -0.293. The fraction of sp³-hybridized carbons (Fsp3) is 0.500. The highest BCUT2D eigenvalue weighted by Crippen LogP contribution is 2.31. The Balaban J connectivity index is 1.45. The van der Waals surface area contributed by atoms with Gasteiger partial charge >= 0.3 is 0 Å². The predicted molar refractivity (Wildman–Crippen MR) is 112 cm³/mol. The minimum Gasteiger partial charge on any atom is -0.350 e. The van der Waals surface area contributed by atoms with Crippen molar-refractivity contribution in [2.24, 2.45) is 5.92 Å². The summed E-state index contributed by atoms with van der Waals surface area (Å²) >= 11 is 0. The van der Waals surface area contributed by atoms with E-state index in [1.54, 1.807) is 0 Å². The van der Waals surface area contributed by atoms with Crippen molar-refractivity contribution in [3.63, 3.8) is 0 Å². The van der Waals surface area contributed by atoms with Crippen molar-refractivity contribution in [1.82, 2.24) is 10.2 Å². The quantitative estimate of drug-likeness (QED) is 0.853. The summed E-state index contributed by atoms with van der Waals surface area (Å²) in [5, 5.41) is 5.67. The zero-order valence-corrected chi connectivity index (χ0v) is 16.7. The lowest BCUT2D eigenvalue weighted by atomic mass is 9.84. The summed E-state index contributed by atoms with van der Waals surface area (Å²) in [6.45, 7) is 4.02. The molecule has 1 N–H and O–H groups in total. The molecule has 2 heterocycles. The van der Waals surface area contributed by atoms with Crippen LogP contribution in [-0.2, 0) is 16.0 Å². The normalized spacial score (nSPS) is 23.2. The second-order valence-corrected chi connectivity index (χ2v) is 8.75. The number of nitrogens with zero attached hydrogens (tertiary/aromatic N) is 1. The van der Waals surface area contributed by atoms with Gasteiger partial charge in [-0.05, 0) is 54.4 Å².